The van der Waals surface area contributed by atoms with E-state index < -0.39 is 0 Å². The zero-order valence-corrected chi connectivity index (χ0v) is 8.96. The number of hydrogen-bond acceptors (Lipinski definition) is 3. The molecule has 82 valence electrons. The Morgan fingerprint density at radius 1 is 1.06 bits per heavy atom. The Balaban J connectivity index is 2.25. The van der Waals surface area contributed by atoms with Gasteiger partial charge in [0.2, 0.25) is 0 Å². The molecule has 0 aromatic heterocycles. The minimum Gasteiger partial charge on any atom is -0.457 e. The number of hydrogen-bond donors (Lipinski definition) is 0. The van der Waals surface area contributed by atoms with Crippen LogP contribution in [0, 0.1) is 11.3 Å². The van der Waals surface area contributed by atoms with Gasteiger partial charge in [0.15, 0.2) is 0 Å². The minimum absolute atomic E-state index is 0.536. The molecule has 0 bridgehead atoms. The standard InChI is InChI=1S/C14H9NO2/c15-9-11-3-1-5-13(7-11)17-14-6-2-4-12(8-14)10-16/h1-8,10H. The lowest BCUT2D eigenvalue weighted by Crippen LogP contribution is -1.86. The first-order valence-corrected chi connectivity index (χ1v) is 5.05. The topological polar surface area (TPSA) is 50.1 Å². The van der Waals surface area contributed by atoms with E-state index in [4.69, 9.17) is 10.00 Å². The predicted octanol–water partition coefficient (Wildman–Crippen LogP) is 3.16. The van der Waals surface area contributed by atoms with Crippen molar-refractivity contribution in [1.82, 2.24) is 0 Å². The van der Waals surface area contributed by atoms with Crippen LogP contribution in [0.3, 0.4) is 0 Å². The summed E-state index contributed by atoms with van der Waals surface area (Å²) in [6.07, 6.45) is 0.762. The van der Waals surface area contributed by atoms with Crippen molar-refractivity contribution >= 4 is 6.29 Å². The van der Waals surface area contributed by atoms with Gasteiger partial charge in [-0.25, -0.2) is 0 Å². The lowest BCUT2D eigenvalue weighted by Gasteiger charge is -2.05. The number of ether oxygens (including phenoxy) is 1. The zero-order chi connectivity index (χ0) is 12.1. The van der Waals surface area contributed by atoms with E-state index in [2.05, 4.69) is 0 Å². The van der Waals surface area contributed by atoms with E-state index in [1.165, 1.54) is 0 Å². The molecule has 0 heterocycles. The molecule has 0 aliphatic carbocycles. The maximum Gasteiger partial charge on any atom is 0.150 e. The molecule has 0 saturated heterocycles. The Morgan fingerprint density at radius 3 is 2.47 bits per heavy atom. The Kier molecular flexibility index (Phi) is 3.18. The Bertz CT molecular complexity index is 585. The van der Waals surface area contributed by atoms with Gasteiger partial charge in [-0.05, 0) is 30.3 Å². The number of nitrogens with zero attached hydrogens (tertiary/aromatic N) is 1. The van der Waals surface area contributed by atoms with E-state index in [9.17, 15) is 4.79 Å². The third kappa shape index (κ3) is 2.70. The Hall–Kier alpha value is -2.60. The fourth-order valence-electron chi connectivity index (χ4n) is 1.42. The van der Waals surface area contributed by atoms with Gasteiger partial charge in [-0.1, -0.05) is 18.2 Å². The van der Waals surface area contributed by atoms with Gasteiger partial charge < -0.3 is 4.74 Å². The van der Waals surface area contributed by atoms with Crippen molar-refractivity contribution in [2.24, 2.45) is 0 Å². The lowest BCUT2D eigenvalue weighted by molar-refractivity contribution is 0.112. The maximum absolute atomic E-state index is 10.6. The predicted molar refractivity (Wildman–Crippen MR) is 63.1 cm³/mol. The summed E-state index contributed by atoms with van der Waals surface area (Å²) < 4.78 is 5.55. The van der Waals surface area contributed by atoms with Gasteiger partial charge in [0.25, 0.3) is 0 Å². The van der Waals surface area contributed by atoms with Crippen LogP contribution in [-0.4, -0.2) is 6.29 Å². The van der Waals surface area contributed by atoms with Crippen LogP contribution >= 0.6 is 0 Å². The minimum atomic E-state index is 0.536. The molecule has 2 aromatic carbocycles. The van der Waals surface area contributed by atoms with Crippen LogP contribution in [0.4, 0.5) is 0 Å². The number of carbonyl (C=O) groups is 1. The number of carbonyl (C=O) groups excluding carboxylic acids is 1. The van der Waals surface area contributed by atoms with E-state index in [0.717, 1.165) is 6.29 Å². The Labute approximate surface area is 98.9 Å². The molecular weight excluding hydrogens is 214 g/mol. The summed E-state index contributed by atoms with van der Waals surface area (Å²) in [5.74, 6) is 1.15. The van der Waals surface area contributed by atoms with Crippen molar-refractivity contribution in [2.75, 3.05) is 0 Å². The van der Waals surface area contributed by atoms with Crippen molar-refractivity contribution in [2.45, 2.75) is 0 Å². The van der Waals surface area contributed by atoms with Crippen LogP contribution in [0.5, 0.6) is 11.5 Å². The summed E-state index contributed by atoms with van der Waals surface area (Å²) >= 11 is 0. The third-order valence-electron chi connectivity index (χ3n) is 2.19. The van der Waals surface area contributed by atoms with Gasteiger partial charge in [0.1, 0.15) is 17.8 Å². The second-order valence-corrected chi connectivity index (χ2v) is 3.43. The van der Waals surface area contributed by atoms with Crippen molar-refractivity contribution in [3.05, 3.63) is 59.7 Å². The highest BCUT2D eigenvalue weighted by Gasteiger charge is 1.99. The molecule has 0 saturated carbocycles. The van der Waals surface area contributed by atoms with Crippen molar-refractivity contribution < 1.29 is 9.53 Å². The van der Waals surface area contributed by atoms with E-state index in [1.807, 2.05) is 6.07 Å². The summed E-state index contributed by atoms with van der Waals surface area (Å²) in [4.78, 5) is 10.6. The molecule has 3 nitrogen and oxygen atoms in total. The number of nitriles is 1. The second kappa shape index (κ2) is 4.95. The first kappa shape index (κ1) is 10.9. The summed E-state index contributed by atoms with van der Waals surface area (Å²) in [5, 5.41) is 8.76. The van der Waals surface area contributed by atoms with E-state index in [0.29, 0.717) is 22.6 Å². The monoisotopic (exact) mass is 223 g/mol. The first-order valence-electron chi connectivity index (χ1n) is 5.05. The Morgan fingerprint density at radius 2 is 1.76 bits per heavy atom. The van der Waals surface area contributed by atoms with Crippen LogP contribution in [0.15, 0.2) is 48.5 Å². The average Bonchev–Trinajstić information content (AvgIpc) is 2.39. The van der Waals surface area contributed by atoms with Crippen molar-refractivity contribution in [3.63, 3.8) is 0 Å². The normalized spacial score (nSPS) is 9.35. The van der Waals surface area contributed by atoms with Gasteiger partial charge in [-0.3, -0.25) is 4.79 Å². The maximum atomic E-state index is 10.6. The van der Waals surface area contributed by atoms with Crippen molar-refractivity contribution in [1.29, 1.82) is 5.26 Å². The van der Waals surface area contributed by atoms with E-state index in [-0.39, 0.29) is 0 Å². The molecular formula is C14H9NO2. The number of rotatable bonds is 3. The van der Waals surface area contributed by atoms with Crippen LogP contribution in [0.1, 0.15) is 15.9 Å². The molecule has 0 aliphatic heterocycles. The lowest BCUT2D eigenvalue weighted by atomic mass is 10.2. The largest absolute Gasteiger partial charge is 0.457 e. The molecule has 0 aliphatic rings. The molecule has 0 N–H and O–H groups in total. The second-order valence-electron chi connectivity index (χ2n) is 3.43. The molecule has 3 heteroatoms. The van der Waals surface area contributed by atoms with Gasteiger partial charge in [-0.2, -0.15) is 5.26 Å². The molecule has 0 unspecified atom stereocenters. The molecule has 0 radical (unpaired) electrons. The zero-order valence-electron chi connectivity index (χ0n) is 8.96. The fraction of sp³-hybridized carbons (Fsp3) is 0. The quantitative estimate of drug-likeness (QED) is 0.751. The molecule has 0 atom stereocenters. The number of benzene rings is 2. The van der Waals surface area contributed by atoms with Gasteiger partial charge >= 0.3 is 0 Å². The fourth-order valence-corrected chi connectivity index (χ4v) is 1.42. The highest BCUT2D eigenvalue weighted by Crippen LogP contribution is 2.22. The highest BCUT2D eigenvalue weighted by atomic mass is 16.5. The van der Waals surface area contributed by atoms with E-state index >= 15 is 0 Å². The number of aldehydes is 1. The first-order chi connectivity index (χ1) is 8.31. The van der Waals surface area contributed by atoms with Crippen molar-refractivity contribution in [3.8, 4) is 17.6 Å². The van der Waals surface area contributed by atoms with Gasteiger partial charge in [0, 0.05) is 5.56 Å². The molecule has 17 heavy (non-hydrogen) atoms. The molecule has 0 fully saturated rings. The summed E-state index contributed by atoms with van der Waals surface area (Å²) in [6.45, 7) is 0. The van der Waals surface area contributed by atoms with Crippen LogP contribution in [0.2, 0.25) is 0 Å². The van der Waals surface area contributed by atoms with E-state index in [1.54, 1.807) is 48.5 Å². The third-order valence-corrected chi connectivity index (χ3v) is 2.19. The van der Waals surface area contributed by atoms with Gasteiger partial charge in [-0.15, -0.1) is 0 Å². The van der Waals surface area contributed by atoms with Crippen LogP contribution < -0.4 is 4.74 Å². The SMILES string of the molecule is N#Cc1cccc(Oc2cccc(C=O)c2)c1. The smallest absolute Gasteiger partial charge is 0.150 e. The van der Waals surface area contributed by atoms with Crippen LogP contribution in [-0.2, 0) is 0 Å². The molecule has 2 rings (SSSR count). The molecule has 2 aromatic rings. The molecule has 0 amide bonds. The van der Waals surface area contributed by atoms with Crippen LogP contribution in [0.25, 0.3) is 0 Å². The summed E-state index contributed by atoms with van der Waals surface area (Å²) in [7, 11) is 0. The molecule has 0 spiro atoms. The summed E-state index contributed by atoms with van der Waals surface area (Å²) in [6, 6.07) is 15.7. The summed E-state index contributed by atoms with van der Waals surface area (Å²) in [5.41, 5.74) is 1.09. The highest BCUT2D eigenvalue weighted by molar-refractivity contribution is 5.75. The average molecular weight is 223 g/mol. The van der Waals surface area contributed by atoms with Gasteiger partial charge in [0.05, 0.1) is 11.6 Å².